The molecule has 0 radical (unpaired) electrons. The van der Waals surface area contributed by atoms with Crippen molar-refractivity contribution in [1.29, 1.82) is 0 Å². The molecule has 0 bridgehead atoms. The molecule has 11 nitrogen and oxygen atoms in total. The molecule has 1 amide bonds. The van der Waals surface area contributed by atoms with Crippen LogP contribution in [0.4, 0.5) is 0 Å². The minimum atomic E-state index is -0.319. The van der Waals surface area contributed by atoms with Crippen molar-refractivity contribution in [1.82, 2.24) is 20.2 Å². The molecule has 3 aromatic carbocycles. The Morgan fingerprint density at radius 1 is 0.850 bits per heavy atom. The van der Waals surface area contributed by atoms with Crippen molar-refractivity contribution in [3.8, 4) is 45.8 Å². The Morgan fingerprint density at radius 3 is 2.15 bits per heavy atom. The highest BCUT2D eigenvalue weighted by Crippen LogP contribution is 2.41. The second-order valence-corrected chi connectivity index (χ2v) is 9.00. The molecular formula is C28H29N5O6S. The summed E-state index contributed by atoms with van der Waals surface area (Å²) in [4.78, 5) is 12.6. The van der Waals surface area contributed by atoms with E-state index in [0.29, 0.717) is 50.9 Å². The van der Waals surface area contributed by atoms with Gasteiger partial charge in [0.25, 0.3) is 5.91 Å². The third kappa shape index (κ3) is 6.12. The van der Waals surface area contributed by atoms with E-state index in [2.05, 4.69) is 20.7 Å². The van der Waals surface area contributed by atoms with Gasteiger partial charge in [0.15, 0.2) is 34.0 Å². The van der Waals surface area contributed by atoms with Crippen LogP contribution in [0.2, 0.25) is 0 Å². The van der Waals surface area contributed by atoms with E-state index in [1.165, 1.54) is 18.0 Å². The molecule has 0 aliphatic rings. The average molecular weight is 564 g/mol. The molecule has 40 heavy (non-hydrogen) atoms. The number of ether oxygens (including phenoxy) is 5. The number of methoxy groups -OCH3 is 5. The van der Waals surface area contributed by atoms with E-state index in [9.17, 15) is 4.79 Å². The van der Waals surface area contributed by atoms with Crippen molar-refractivity contribution in [3.63, 3.8) is 0 Å². The first-order chi connectivity index (χ1) is 19.5. The second-order valence-electron chi connectivity index (χ2n) is 8.06. The van der Waals surface area contributed by atoms with E-state index in [-0.39, 0.29) is 11.7 Å². The summed E-state index contributed by atoms with van der Waals surface area (Å²) in [5, 5.41) is 13.4. The summed E-state index contributed by atoms with van der Waals surface area (Å²) in [6.45, 7) is 0. The van der Waals surface area contributed by atoms with Crippen LogP contribution >= 0.6 is 11.8 Å². The highest BCUT2D eigenvalue weighted by Gasteiger charge is 2.21. The summed E-state index contributed by atoms with van der Waals surface area (Å²) in [5.74, 6) is 2.79. The summed E-state index contributed by atoms with van der Waals surface area (Å²) in [6.07, 6.45) is 1.50. The third-order valence-electron chi connectivity index (χ3n) is 5.73. The number of carbonyl (C=O) groups excluding carboxylic acids is 1. The van der Waals surface area contributed by atoms with Gasteiger partial charge in [0.2, 0.25) is 5.75 Å². The number of thioether (sulfide) groups is 1. The van der Waals surface area contributed by atoms with Gasteiger partial charge in [-0.2, -0.15) is 5.10 Å². The fraction of sp³-hybridized carbons (Fsp3) is 0.214. The van der Waals surface area contributed by atoms with Crippen molar-refractivity contribution in [2.45, 2.75) is 5.16 Å². The lowest BCUT2D eigenvalue weighted by Gasteiger charge is -2.15. The van der Waals surface area contributed by atoms with Gasteiger partial charge in [-0.15, -0.1) is 10.2 Å². The van der Waals surface area contributed by atoms with E-state index in [1.807, 2.05) is 41.0 Å². The van der Waals surface area contributed by atoms with Gasteiger partial charge in [-0.3, -0.25) is 9.36 Å². The summed E-state index contributed by atoms with van der Waals surface area (Å²) in [7, 11) is 7.74. The lowest BCUT2D eigenvalue weighted by atomic mass is 10.1. The van der Waals surface area contributed by atoms with Crippen molar-refractivity contribution in [2.24, 2.45) is 5.10 Å². The predicted molar refractivity (Wildman–Crippen MR) is 152 cm³/mol. The largest absolute Gasteiger partial charge is 0.493 e. The number of benzene rings is 3. The topological polar surface area (TPSA) is 118 Å². The van der Waals surface area contributed by atoms with Crippen LogP contribution < -0.4 is 29.1 Å². The fourth-order valence-electron chi connectivity index (χ4n) is 3.92. The molecule has 1 heterocycles. The number of nitrogens with zero attached hydrogens (tertiary/aromatic N) is 4. The van der Waals surface area contributed by atoms with Gasteiger partial charge in [0.1, 0.15) is 0 Å². The SMILES string of the molecule is COc1cccc(C=NNC(=O)CSc2nnc(-c3cc(OC)c(OC)c(OC)c3)n2-c2ccccc2)c1OC. The zero-order valence-electron chi connectivity index (χ0n) is 22.7. The number of para-hydroxylation sites is 2. The first kappa shape index (κ1) is 28.3. The van der Waals surface area contributed by atoms with E-state index in [1.54, 1.807) is 59.8 Å². The van der Waals surface area contributed by atoms with Gasteiger partial charge in [-0.05, 0) is 36.4 Å². The third-order valence-corrected chi connectivity index (χ3v) is 6.66. The number of amides is 1. The number of hydrogen-bond donors (Lipinski definition) is 1. The molecule has 0 fully saturated rings. The average Bonchev–Trinajstić information content (AvgIpc) is 3.43. The minimum absolute atomic E-state index is 0.0484. The van der Waals surface area contributed by atoms with Gasteiger partial charge in [0.05, 0.1) is 47.5 Å². The molecule has 1 N–H and O–H groups in total. The lowest BCUT2D eigenvalue weighted by Crippen LogP contribution is -2.20. The predicted octanol–water partition coefficient (Wildman–Crippen LogP) is 4.22. The monoisotopic (exact) mass is 563 g/mol. The fourth-order valence-corrected chi connectivity index (χ4v) is 4.66. The Bertz CT molecular complexity index is 1470. The van der Waals surface area contributed by atoms with Crippen LogP contribution in [0.3, 0.4) is 0 Å². The van der Waals surface area contributed by atoms with Crippen molar-refractivity contribution in [3.05, 3.63) is 66.2 Å². The maximum Gasteiger partial charge on any atom is 0.250 e. The normalized spacial score (nSPS) is 10.8. The first-order valence-electron chi connectivity index (χ1n) is 12.0. The minimum Gasteiger partial charge on any atom is -0.493 e. The standard InChI is InChI=1S/C28H29N5O6S/c1-35-21-13-9-10-18(25(21)38-4)16-29-30-24(34)17-40-28-32-31-27(33(28)20-11-7-6-8-12-20)19-14-22(36-2)26(39-5)23(15-19)37-3/h6-16H,17H2,1-5H3,(H,30,34). The molecule has 4 aromatic rings. The number of nitrogens with one attached hydrogen (secondary N) is 1. The van der Waals surface area contributed by atoms with Gasteiger partial charge in [0, 0.05) is 16.8 Å². The number of aromatic nitrogens is 3. The highest BCUT2D eigenvalue weighted by atomic mass is 32.2. The molecule has 0 spiro atoms. The number of hydrazone groups is 1. The van der Waals surface area contributed by atoms with E-state index in [4.69, 9.17) is 23.7 Å². The lowest BCUT2D eigenvalue weighted by molar-refractivity contribution is -0.118. The summed E-state index contributed by atoms with van der Waals surface area (Å²) in [6, 6.07) is 18.6. The van der Waals surface area contributed by atoms with E-state index in [0.717, 1.165) is 5.69 Å². The van der Waals surface area contributed by atoms with Gasteiger partial charge < -0.3 is 23.7 Å². The zero-order chi connectivity index (χ0) is 28.5. The molecule has 4 rings (SSSR count). The zero-order valence-corrected chi connectivity index (χ0v) is 23.5. The quantitative estimate of drug-likeness (QED) is 0.154. The molecule has 0 unspecified atom stereocenters. The van der Waals surface area contributed by atoms with Crippen molar-refractivity contribution >= 4 is 23.9 Å². The summed E-state index contributed by atoms with van der Waals surface area (Å²) >= 11 is 1.22. The smallest absolute Gasteiger partial charge is 0.250 e. The molecule has 0 saturated heterocycles. The molecule has 0 atom stereocenters. The number of carbonyl (C=O) groups is 1. The van der Waals surface area contributed by atoms with Crippen LogP contribution in [0.25, 0.3) is 17.1 Å². The molecule has 12 heteroatoms. The van der Waals surface area contributed by atoms with Gasteiger partial charge in [-0.1, -0.05) is 36.0 Å². The van der Waals surface area contributed by atoms with Gasteiger partial charge >= 0.3 is 0 Å². The molecular weight excluding hydrogens is 534 g/mol. The van der Waals surface area contributed by atoms with Crippen LogP contribution in [0, 0.1) is 0 Å². The van der Waals surface area contributed by atoms with Crippen LogP contribution in [0.5, 0.6) is 28.7 Å². The Kier molecular flexibility index (Phi) is 9.47. The maximum absolute atomic E-state index is 12.6. The van der Waals surface area contributed by atoms with Crippen LogP contribution in [0.1, 0.15) is 5.56 Å². The molecule has 0 aliphatic heterocycles. The van der Waals surface area contributed by atoms with Crippen molar-refractivity contribution in [2.75, 3.05) is 41.3 Å². The number of hydrogen-bond acceptors (Lipinski definition) is 10. The van der Waals surface area contributed by atoms with Crippen LogP contribution in [-0.4, -0.2) is 68.2 Å². The van der Waals surface area contributed by atoms with E-state index >= 15 is 0 Å². The van der Waals surface area contributed by atoms with Crippen LogP contribution in [-0.2, 0) is 4.79 Å². The Labute approximate surface area is 236 Å². The van der Waals surface area contributed by atoms with E-state index < -0.39 is 0 Å². The van der Waals surface area contributed by atoms with Gasteiger partial charge in [-0.25, -0.2) is 5.43 Å². The summed E-state index contributed by atoms with van der Waals surface area (Å²) < 4.78 is 29.0. The Morgan fingerprint density at radius 2 is 1.52 bits per heavy atom. The second kappa shape index (κ2) is 13.4. The van der Waals surface area contributed by atoms with Crippen molar-refractivity contribution < 1.29 is 28.5 Å². The Balaban J connectivity index is 1.57. The maximum atomic E-state index is 12.6. The highest BCUT2D eigenvalue weighted by molar-refractivity contribution is 7.99. The summed E-state index contributed by atoms with van der Waals surface area (Å²) in [5.41, 5.74) is 4.72. The van der Waals surface area contributed by atoms with Crippen LogP contribution in [0.15, 0.2) is 70.9 Å². The first-order valence-corrected chi connectivity index (χ1v) is 13.0. The molecule has 1 aromatic heterocycles. The molecule has 0 aliphatic carbocycles. The Hall–Kier alpha value is -4.71. The molecule has 0 saturated carbocycles. The number of rotatable bonds is 12. The molecule has 208 valence electrons.